The lowest BCUT2D eigenvalue weighted by molar-refractivity contribution is -0.136. The number of aryl methyl sites for hydroxylation is 1. The van der Waals surface area contributed by atoms with Crippen LogP contribution in [0.1, 0.15) is 24.7 Å². The number of hydrogen-bond acceptors (Lipinski definition) is 4. The number of carbonyl (C=O) groups is 1. The number of sulfonamides is 1. The largest absolute Gasteiger partial charge is 0.481 e. The molecule has 7 heteroatoms. The van der Waals surface area contributed by atoms with Crippen molar-refractivity contribution in [3.8, 4) is 0 Å². The second kappa shape index (κ2) is 6.63. The fourth-order valence-corrected chi connectivity index (χ4v) is 3.03. The number of aliphatic carboxylic acids is 1. The Morgan fingerprint density at radius 2 is 2.11 bits per heavy atom. The third kappa shape index (κ3) is 4.96. The molecular weight excluding hydrogens is 268 g/mol. The minimum absolute atomic E-state index is 0.167. The van der Waals surface area contributed by atoms with E-state index in [1.165, 1.54) is 4.31 Å². The Morgan fingerprint density at radius 1 is 1.42 bits per heavy atom. The van der Waals surface area contributed by atoms with Crippen LogP contribution in [0, 0.1) is 6.92 Å². The first-order valence-corrected chi connectivity index (χ1v) is 7.58. The van der Waals surface area contributed by atoms with Crippen LogP contribution in [-0.4, -0.2) is 41.1 Å². The van der Waals surface area contributed by atoms with Crippen molar-refractivity contribution in [1.82, 2.24) is 9.29 Å². The van der Waals surface area contributed by atoms with Gasteiger partial charge in [0.15, 0.2) is 0 Å². The molecule has 1 aromatic rings. The summed E-state index contributed by atoms with van der Waals surface area (Å²) in [6.07, 6.45) is -0.389. The Labute approximate surface area is 113 Å². The van der Waals surface area contributed by atoms with Crippen molar-refractivity contribution in [2.45, 2.75) is 26.8 Å². The first kappa shape index (κ1) is 15.6. The Hall–Kier alpha value is -1.47. The monoisotopic (exact) mass is 286 g/mol. The molecule has 0 saturated carbocycles. The fourth-order valence-electron chi connectivity index (χ4n) is 1.62. The van der Waals surface area contributed by atoms with Crippen molar-refractivity contribution >= 4 is 16.0 Å². The van der Waals surface area contributed by atoms with Crippen LogP contribution >= 0.6 is 0 Å². The van der Waals surface area contributed by atoms with Gasteiger partial charge in [0.2, 0.25) is 10.0 Å². The molecule has 106 valence electrons. The average molecular weight is 286 g/mol. The Balaban J connectivity index is 2.80. The highest BCUT2D eigenvalue weighted by atomic mass is 32.2. The van der Waals surface area contributed by atoms with Crippen LogP contribution in [0.4, 0.5) is 0 Å². The highest BCUT2D eigenvalue weighted by Gasteiger charge is 2.22. The number of carboxylic acids is 1. The molecule has 0 unspecified atom stereocenters. The predicted octanol–water partition coefficient (Wildman–Crippen LogP) is 1.02. The summed E-state index contributed by atoms with van der Waals surface area (Å²) in [5.74, 6) is -1.50. The lowest BCUT2D eigenvalue weighted by atomic mass is 10.3. The van der Waals surface area contributed by atoms with Crippen molar-refractivity contribution in [2.75, 3.05) is 12.3 Å². The van der Waals surface area contributed by atoms with Crippen LogP contribution < -0.4 is 0 Å². The molecule has 0 bridgehead atoms. The maximum Gasteiger partial charge on any atom is 0.304 e. The first-order valence-electron chi connectivity index (χ1n) is 5.97. The standard InChI is InChI=1S/C12H18N2O4S/c1-3-14(19(17,18)8-7-12(15)16)9-11-6-4-5-10(2)13-11/h4-6H,3,7-9H2,1-2H3,(H,15,16). The maximum atomic E-state index is 12.0. The summed E-state index contributed by atoms with van der Waals surface area (Å²) < 4.78 is 25.2. The minimum Gasteiger partial charge on any atom is -0.481 e. The van der Waals surface area contributed by atoms with Crippen LogP contribution in [0.15, 0.2) is 18.2 Å². The summed E-state index contributed by atoms with van der Waals surface area (Å²) in [5.41, 5.74) is 1.47. The maximum absolute atomic E-state index is 12.0. The summed E-state index contributed by atoms with van der Waals surface area (Å²) in [5, 5.41) is 8.56. The van der Waals surface area contributed by atoms with Crippen molar-refractivity contribution in [2.24, 2.45) is 0 Å². The number of aromatic nitrogens is 1. The van der Waals surface area contributed by atoms with Gasteiger partial charge >= 0.3 is 5.97 Å². The van der Waals surface area contributed by atoms with Crippen LogP contribution in [0.5, 0.6) is 0 Å². The molecule has 1 rings (SSSR count). The van der Waals surface area contributed by atoms with E-state index in [4.69, 9.17) is 5.11 Å². The highest BCUT2D eigenvalue weighted by molar-refractivity contribution is 7.89. The quantitative estimate of drug-likeness (QED) is 0.808. The second-order valence-electron chi connectivity index (χ2n) is 4.16. The van der Waals surface area contributed by atoms with Crippen molar-refractivity contribution in [3.63, 3.8) is 0 Å². The van der Waals surface area contributed by atoms with Crippen LogP contribution in [0.25, 0.3) is 0 Å². The van der Waals surface area contributed by atoms with Gasteiger partial charge in [-0.05, 0) is 19.1 Å². The summed E-state index contributed by atoms with van der Waals surface area (Å²) >= 11 is 0. The lowest BCUT2D eigenvalue weighted by Crippen LogP contribution is -2.33. The number of carboxylic acid groups (broad SMARTS) is 1. The van der Waals surface area contributed by atoms with E-state index < -0.39 is 16.0 Å². The molecule has 0 radical (unpaired) electrons. The highest BCUT2D eigenvalue weighted by Crippen LogP contribution is 2.09. The predicted molar refractivity (Wildman–Crippen MR) is 71.1 cm³/mol. The summed E-state index contributed by atoms with van der Waals surface area (Å²) in [4.78, 5) is 14.7. The third-order valence-electron chi connectivity index (χ3n) is 2.60. The van der Waals surface area contributed by atoms with E-state index in [0.717, 1.165) is 5.69 Å². The van der Waals surface area contributed by atoms with Crippen molar-refractivity contribution < 1.29 is 18.3 Å². The summed E-state index contributed by atoms with van der Waals surface area (Å²) in [7, 11) is -3.57. The SMILES string of the molecule is CCN(Cc1cccc(C)n1)S(=O)(=O)CCC(=O)O. The van der Waals surface area contributed by atoms with Crippen LogP contribution in [0.3, 0.4) is 0 Å². The van der Waals surface area contributed by atoms with Gasteiger partial charge in [-0.3, -0.25) is 9.78 Å². The van der Waals surface area contributed by atoms with Crippen molar-refractivity contribution in [1.29, 1.82) is 0 Å². The summed E-state index contributed by atoms with van der Waals surface area (Å²) in [6.45, 7) is 4.00. The van der Waals surface area contributed by atoms with Gasteiger partial charge in [-0.2, -0.15) is 4.31 Å². The minimum atomic E-state index is -3.57. The van der Waals surface area contributed by atoms with E-state index in [-0.39, 0.29) is 25.3 Å². The van der Waals surface area contributed by atoms with Gasteiger partial charge in [0, 0.05) is 12.2 Å². The Bertz CT molecular complexity index is 542. The smallest absolute Gasteiger partial charge is 0.304 e. The van der Waals surface area contributed by atoms with E-state index in [0.29, 0.717) is 5.69 Å². The molecular formula is C12H18N2O4S. The van der Waals surface area contributed by atoms with Crippen LogP contribution in [0.2, 0.25) is 0 Å². The van der Waals surface area contributed by atoms with Gasteiger partial charge in [0.05, 0.1) is 24.4 Å². The van der Waals surface area contributed by atoms with Crippen LogP contribution in [-0.2, 0) is 21.4 Å². The molecule has 1 N–H and O–H groups in total. The Kier molecular flexibility index (Phi) is 5.44. The molecule has 0 atom stereocenters. The lowest BCUT2D eigenvalue weighted by Gasteiger charge is -2.19. The summed E-state index contributed by atoms with van der Waals surface area (Å²) in [6, 6.07) is 5.40. The van der Waals surface area contributed by atoms with Gasteiger partial charge < -0.3 is 5.11 Å². The van der Waals surface area contributed by atoms with Gasteiger partial charge in [-0.25, -0.2) is 8.42 Å². The van der Waals surface area contributed by atoms with E-state index in [1.807, 2.05) is 19.1 Å². The average Bonchev–Trinajstić information content (AvgIpc) is 2.33. The van der Waals surface area contributed by atoms with Gasteiger partial charge in [-0.1, -0.05) is 13.0 Å². The zero-order valence-electron chi connectivity index (χ0n) is 11.0. The molecule has 0 aromatic carbocycles. The number of rotatable bonds is 7. The Morgan fingerprint density at radius 3 is 2.63 bits per heavy atom. The van der Waals surface area contributed by atoms with E-state index in [2.05, 4.69) is 4.98 Å². The molecule has 6 nitrogen and oxygen atoms in total. The van der Waals surface area contributed by atoms with E-state index in [9.17, 15) is 13.2 Å². The molecule has 0 amide bonds. The molecule has 0 saturated heterocycles. The zero-order valence-corrected chi connectivity index (χ0v) is 11.9. The molecule has 0 aliphatic heterocycles. The molecule has 0 fully saturated rings. The second-order valence-corrected chi connectivity index (χ2v) is 6.24. The van der Waals surface area contributed by atoms with E-state index in [1.54, 1.807) is 13.0 Å². The van der Waals surface area contributed by atoms with Gasteiger partial charge in [-0.15, -0.1) is 0 Å². The molecule has 19 heavy (non-hydrogen) atoms. The fraction of sp³-hybridized carbons (Fsp3) is 0.500. The van der Waals surface area contributed by atoms with E-state index >= 15 is 0 Å². The zero-order chi connectivity index (χ0) is 14.5. The first-order chi connectivity index (χ1) is 8.85. The normalized spacial score (nSPS) is 11.7. The van der Waals surface area contributed by atoms with Gasteiger partial charge in [0.25, 0.3) is 0 Å². The van der Waals surface area contributed by atoms with Gasteiger partial charge in [0.1, 0.15) is 0 Å². The molecule has 0 aliphatic rings. The number of nitrogens with zero attached hydrogens (tertiary/aromatic N) is 2. The molecule has 1 aromatic heterocycles. The number of hydrogen-bond donors (Lipinski definition) is 1. The molecule has 1 heterocycles. The molecule has 0 spiro atoms. The number of pyridine rings is 1. The van der Waals surface area contributed by atoms with Crippen molar-refractivity contribution in [3.05, 3.63) is 29.6 Å². The molecule has 0 aliphatic carbocycles. The topological polar surface area (TPSA) is 87.6 Å². The third-order valence-corrected chi connectivity index (χ3v) is 4.50.